The molecule has 0 aliphatic carbocycles. The molecular weight excluding hydrogens is 542 g/mol. The van der Waals surface area contributed by atoms with Gasteiger partial charge in [0.1, 0.15) is 17.1 Å². The van der Waals surface area contributed by atoms with Gasteiger partial charge in [-0.2, -0.15) is 18.3 Å². The number of benzene rings is 4. The number of halogens is 4. The van der Waals surface area contributed by atoms with Crippen LogP contribution in [0.5, 0.6) is 11.6 Å². The molecule has 208 valence electrons. The molecule has 0 bridgehead atoms. The number of carboxylic acids is 1. The Balaban J connectivity index is 1.65. The first-order valence-corrected chi connectivity index (χ1v) is 12.2. The lowest BCUT2D eigenvalue weighted by molar-refractivity contribution is -0.137. The number of alkyl halides is 3. The van der Waals surface area contributed by atoms with Crippen LogP contribution in [0, 0.1) is 19.7 Å². The fourth-order valence-electron chi connectivity index (χ4n) is 4.64. The predicted molar refractivity (Wildman–Crippen MR) is 144 cm³/mol. The van der Waals surface area contributed by atoms with Crippen LogP contribution in [0.25, 0.3) is 27.7 Å². The van der Waals surface area contributed by atoms with Crippen LogP contribution < -0.4 is 0 Å². The van der Waals surface area contributed by atoms with Crippen molar-refractivity contribution in [3.63, 3.8) is 0 Å². The van der Waals surface area contributed by atoms with Gasteiger partial charge in [0.05, 0.1) is 16.8 Å². The lowest BCUT2D eigenvalue weighted by Crippen LogP contribution is -2.05. The Morgan fingerprint density at radius 2 is 1.56 bits per heavy atom. The van der Waals surface area contributed by atoms with Gasteiger partial charge in [-0.3, -0.25) is 4.57 Å². The Kier molecular flexibility index (Phi) is 6.74. The van der Waals surface area contributed by atoms with Crippen molar-refractivity contribution < 1.29 is 37.7 Å². The van der Waals surface area contributed by atoms with Crippen LogP contribution >= 0.6 is 0 Å². The summed E-state index contributed by atoms with van der Waals surface area (Å²) in [6.45, 7) is 3.01. The lowest BCUT2D eigenvalue weighted by Gasteiger charge is -2.12. The molecule has 0 spiro atoms. The van der Waals surface area contributed by atoms with Crippen LogP contribution in [0.15, 0.2) is 83.0 Å². The fourth-order valence-corrected chi connectivity index (χ4v) is 4.64. The van der Waals surface area contributed by atoms with E-state index in [0.29, 0.717) is 5.56 Å². The number of nitrogens with zero attached hydrogens (tertiary/aromatic N) is 3. The van der Waals surface area contributed by atoms with Gasteiger partial charge in [-0.1, -0.05) is 24.3 Å². The standard InChI is InChI=1S/C30H21F4N3O4/c1-15-11-20(12-16(2)25(15)31)37-24-14-18(30(32,33)34)9-10-22(24)26(28(37)39)36-35-19-6-3-5-17(13-19)21-7-4-8-23(27(21)38)29(40)41/h3-14,38-39H,1-2H3,(H,40,41). The zero-order chi connectivity index (χ0) is 29.6. The molecule has 0 saturated heterocycles. The van der Waals surface area contributed by atoms with Gasteiger partial charge >= 0.3 is 12.1 Å². The number of rotatable bonds is 5. The summed E-state index contributed by atoms with van der Waals surface area (Å²) in [6.07, 6.45) is -4.65. The molecule has 0 unspecified atom stereocenters. The second kappa shape index (κ2) is 10.1. The molecule has 0 radical (unpaired) electrons. The molecule has 0 atom stereocenters. The van der Waals surface area contributed by atoms with E-state index in [1.807, 2.05) is 0 Å². The summed E-state index contributed by atoms with van der Waals surface area (Å²) in [5.74, 6) is -2.70. The smallest absolute Gasteiger partial charge is 0.416 e. The number of hydrogen-bond donors (Lipinski definition) is 3. The summed E-state index contributed by atoms with van der Waals surface area (Å²) in [6, 6.07) is 16.3. The molecule has 0 amide bonds. The number of phenols is 1. The average Bonchev–Trinajstić information content (AvgIpc) is 3.20. The first kappa shape index (κ1) is 27.4. The zero-order valence-corrected chi connectivity index (χ0v) is 21.5. The van der Waals surface area contributed by atoms with E-state index in [4.69, 9.17) is 0 Å². The monoisotopic (exact) mass is 563 g/mol. The molecule has 1 heterocycles. The van der Waals surface area contributed by atoms with Crippen LogP contribution in [0.2, 0.25) is 0 Å². The number of azo groups is 1. The topological polar surface area (TPSA) is 107 Å². The molecule has 0 aliphatic heterocycles. The van der Waals surface area contributed by atoms with E-state index in [2.05, 4.69) is 10.2 Å². The molecule has 1 aromatic heterocycles. The summed E-state index contributed by atoms with van der Waals surface area (Å²) < 4.78 is 56.2. The Morgan fingerprint density at radius 3 is 2.22 bits per heavy atom. The summed E-state index contributed by atoms with van der Waals surface area (Å²) >= 11 is 0. The second-order valence-corrected chi connectivity index (χ2v) is 9.39. The zero-order valence-electron chi connectivity index (χ0n) is 21.5. The Labute approximate surface area is 230 Å². The number of aromatic carboxylic acids is 1. The van der Waals surface area contributed by atoms with Crippen LogP contribution in [0.1, 0.15) is 27.0 Å². The highest BCUT2D eigenvalue weighted by Gasteiger charge is 2.32. The quantitative estimate of drug-likeness (QED) is 0.147. The van der Waals surface area contributed by atoms with Crippen molar-refractivity contribution in [2.24, 2.45) is 10.2 Å². The average molecular weight is 564 g/mol. The third kappa shape index (κ3) is 4.97. The normalized spacial score (nSPS) is 12.0. The van der Waals surface area contributed by atoms with Crippen LogP contribution in [0.4, 0.5) is 28.9 Å². The number of carboxylic acid groups (broad SMARTS) is 1. The van der Waals surface area contributed by atoms with Crippen molar-refractivity contribution in [3.8, 4) is 28.4 Å². The van der Waals surface area contributed by atoms with Crippen LogP contribution in [0.3, 0.4) is 0 Å². The highest BCUT2D eigenvalue weighted by molar-refractivity contribution is 5.97. The number of carbonyl (C=O) groups is 1. The summed E-state index contributed by atoms with van der Waals surface area (Å²) in [4.78, 5) is 11.4. The predicted octanol–water partition coefficient (Wildman–Crippen LogP) is 8.60. The summed E-state index contributed by atoms with van der Waals surface area (Å²) in [5.41, 5.74) is 0.283. The van der Waals surface area contributed by atoms with Gasteiger partial charge < -0.3 is 15.3 Å². The first-order chi connectivity index (χ1) is 19.4. The summed E-state index contributed by atoms with van der Waals surface area (Å²) in [5, 5.41) is 39.4. The molecule has 4 aromatic carbocycles. The van der Waals surface area contributed by atoms with E-state index in [1.165, 1.54) is 56.3 Å². The van der Waals surface area contributed by atoms with Gasteiger partial charge in [-0.15, -0.1) is 5.11 Å². The first-order valence-electron chi connectivity index (χ1n) is 12.2. The van der Waals surface area contributed by atoms with Crippen LogP contribution in [-0.4, -0.2) is 25.9 Å². The molecule has 7 nitrogen and oxygen atoms in total. The van der Waals surface area contributed by atoms with Crippen LogP contribution in [-0.2, 0) is 6.18 Å². The number of aromatic hydroxyl groups is 2. The maximum Gasteiger partial charge on any atom is 0.416 e. The van der Waals surface area contributed by atoms with Crippen molar-refractivity contribution in [1.29, 1.82) is 0 Å². The second-order valence-electron chi connectivity index (χ2n) is 9.39. The largest absolute Gasteiger partial charge is 0.506 e. The SMILES string of the molecule is Cc1cc(-n2c(O)c(N=Nc3cccc(-c4cccc(C(=O)O)c4O)c3)c3ccc(C(F)(F)F)cc32)cc(C)c1F. The number of fused-ring (bicyclic) bond motifs is 1. The Bertz CT molecular complexity index is 1850. The molecule has 41 heavy (non-hydrogen) atoms. The molecular formula is C30H21F4N3O4. The molecule has 3 N–H and O–H groups in total. The van der Waals surface area contributed by atoms with Crippen molar-refractivity contribution in [1.82, 2.24) is 4.57 Å². The van der Waals surface area contributed by atoms with Crippen molar-refractivity contribution in [3.05, 3.63) is 101 Å². The fraction of sp³-hybridized carbons (Fsp3) is 0.100. The molecule has 0 aliphatic rings. The summed E-state index contributed by atoms with van der Waals surface area (Å²) in [7, 11) is 0. The van der Waals surface area contributed by atoms with Gasteiger partial charge in [-0.05, 0) is 79.1 Å². The van der Waals surface area contributed by atoms with E-state index in [9.17, 15) is 37.7 Å². The highest BCUT2D eigenvalue weighted by Crippen LogP contribution is 2.44. The number of para-hydroxylation sites is 1. The van der Waals surface area contributed by atoms with Gasteiger partial charge in [-0.25, -0.2) is 9.18 Å². The maximum atomic E-state index is 14.3. The highest BCUT2D eigenvalue weighted by atomic mass is 19.4. The van der Waals surface area contributed by atoms with Gasteiger partial charge in [0.2, 0.25) is 5.88 Å². The maximum absolute atomic E-state index is 14.3. The van der Waals surface area contributed by atoms with E-state index >= 15 is 0 Å². The third-order valence-corrected chi connectivity index (χ3v) is 6.61. The molecule has 11 heteroatoms. The van der Waals surface area contributed by atoms with E-state index < -0.39 is 35.2 Å². The number of aryl methyl sites for hydroxylation is 2. The Morgan fingerprint density at radius 1 is 0.878 bits per heavy atom. The van der Waals surface area contributed by atoms with E-state index in [0.717, 1.165) is 16.7 Å². The lowest BCUT2D eigenvalue weighted by atomic mass is 10.0. The Hall–Kier alpha value is -5.19. The van der Waals surface area contributed by atoms with E-state index in [-0.39, 0.29) is 50.2 Å². The number of hydrogen-bond acceptors (Lipinski definition) is 5. The van der Waals surface area contributed by atoms with Crippen molar-refractivity contribution in [2.75, 3.05) is 0 Å². The van der Waals surface area contributed by atoms with Gasteiger partial charge in [0, 0.05) is 16.6 Å². The molecule has 0 fully saturated rings. The minimum absolute atomic E-state index is 0.0131. The minimum Gasteiger partial charge on any atom is -0.506 e. The van der Waals surface area contributed by atoms with Gasteiger partial charge in [0.15, 0.2) is 5.69 Å². The third-order valence-electron chi connectivity index (χ3n) is 6.61. The molecule has 5 aromatic rings. The van der Waals surface area contributed by atoms with Crippen molar-refractivity contribution >= 4 is 28.2 Å². The van der Waals surface area contributed by atoms with Gasteiger partial charge in [0.25, 0.3) is 0 Å². The number of aromatic nitrogens is 1. The van der Waals surface area contributed by atoms with Crippen molar-refractivity contribution in [2.45, 2.75) is 20.0 Å². The minimum atomic E-state index is -4.65. The molecule has 5 rings (SSSR count). The van der Waals surface area contributed by atoms with E-state index in [1.54, 1.807) is 18.2 Å². The molecule has 0 saturated carbocycles.